The molecule has 2 atom stereocenters. The average molecular weight is 653 g/mol. The smallest absolute Gasteiger partial charge is 0.322 e. The highest BCUT2D eigenvalue weighted by Crippen LogP contribution is 2.24. The lowest BCUT2D eigenvalue weighted by molar-refractivity contribution is -0.139. The van der Waals surface area contributed by atoms with E-state index in [4.69, 9.17) is 10.2 Å². The number of aromatic hydroxyl groups is 1. The summed E-state index contributed by atoms with van der Waals surface area (Å²) >= 11 is 3.17. The van der Waals surface area contributed by atoms with E-state index in [2.05, 4.69) is 42.4 Å². The first-order valence-corrected chi connectivity index (χ1v) is 14.7. The second-order valence-corrected chi connectivity index (χ2v) is 11.3. The van der Waals surface area contributed by atoms with Gasteiger partial charge >= 0.3 is 11.9 Å². The second-order valence-electron chi connectivity index (χ2n) is 7.82. The summed E-state index contributed by atoms with van der Waals surface area (Å²) in [5.41, 5.74) is 0.498. The minimum absolute atomic E-state index is 0.00806. The van der Waals surface area contributed by atoms with Gasteiger partial charge in [0, 0.05) is 30.9 Å². The van der Waals surface area contributed by atoms with Crippen LogP contribution in [-0.4, -0.2) is 99.6 Å². The number of hydrogen-bond acceptors (Lipinski definition) is 11. The van der Waals surface area contributed by atoms with Gasteiger partial charge in [0.1, 0.15) is 30.1 Å². The third-order valence-electron chi connectivity index (χ3n) is 4.93. The van der Waals surface area contributed by atoms with E-state index in [1.165, 1.54) is 34.7 Å². The predicted octanol–water partition coefficient (Wildman–Crippen LogP) is 0.163. The van der Waals surface area contributed by atoms with Gasteiger partial charge in [0.2, 0.25) is 11.8 Å². The maximum atomic E-state index is 12.4. The largest absolute Gasteiger partial charge is 0.507 e. The molecule has 1 rings (SSSR count). The van der Waals surface area contributed by atoms with Crippen LogP contribution < -0.4 is 21.3 Å². The van der Waals surface area contributed by atoms with E-state index in [1.54, 1.807) is 12.1 Å². The second kappa shape index (κ2) is 18.3. The van der Waals surface area contributed by atoms with Crippen molar-refractivity contribution in [1.29, 1.82) is 0 Å². The molecule has 17 heteroatoms. The van der Waals surface area contributed by atoms with Gasteiger partial charge in [-0.25, -0.2) is 0 Å². The topological polar surface area (TPSA) is 227 Å². The minimum Gasteiger partial charge on any atom is -0.507 e. The number of carboxylic acids is 2. The Labute approximate surface area is 240 Å². The van der Waals surface area contributed by atoms with E-state index in [-0.39, 0.29) is 43.0 Å². The van der Waals surface area contributed by atoms with Crippen LogP contribution in [0.4, 0.5) is 0 Å². The van der Waals surface area contributed by atoms with Crippen LogP contribution in [0.25, 0.3) is 0 Å². The SMILES string of the molecule is CNC(CCC(=O)NC(CSSCCNC(=O)C(Cc1ccc(O)c(Br)c1)=NO)C(=O)NCC(=O)O)C(=O)O. The number of carbonyl (C=O) groups excluding carboxylic acids is 3. The van der Waals surface area contributed by atoms with E-state index in [9.17, 15) is 34.3 Å². The maximum absolute atomic E-state index is 12.4. The maximum Gasteiger partial charge on any atom is 0.322 e. The van der Waals surface area contributed by atoms with Crippen molar-refractivity contribution in [2.75, 3.05) is 31.6 Å². The zero-order chi connectivity index (χ0) is 29.4. The number of carboxylic acid groups (broad SMARTS) is 2. The Kier molecular flexibility index (Phi) is 16.0. The van der Waals surface area contributed by atoms with Gasteiger partial charge < -0.3 is 41.8 Å². The number of phenolic OH excluding ortho intramolecular Hbond substituents is 1. The molecule has 39 heavy (non-hydrogen) atoms. The molecular formula is C22H30BrN5O9S2. The number of amides is 3. The van der Waals surface area contributed by atoms with Gasteiger partial charge in [-0.1, -0.05) is 32.8 Å². The number of hydrogen-bond donors (Lipinski definition) is 8. The molecule has 8 N–H and O–H groups in total. The van der Waals surface area contributed by atoms with Crippen molar-refractivity contribution >= 4 is 72.9 Å². The molecule has 0 heterocycles. The van der Waals surface area contributed by atoms with Gasteiger partial charge in [-0.05, 0) is 47.1 Å². The molecule has 216 valence electrons. The number of oxime groups is 1. The monoisotopic (exact) mass is 651 g/mol. The molecule has 0 aliphatic rings. The van der Waals surface area contributed by atoms with Crippen molar-refractivity contribution < 1.29 is 44.5 Å². The molecule has 0 spiro atoms. The molecule has 0 aromatic heterocycles. The number of aliphatic carboxylic acids is 2. The van der Waals surface area contributed by atoms with Crippen molar-refractivity contribution in [3.05, 3.63) is 28.2 Å². The van der Waals surface area contributed by atoms with Crippen LogP contribution in [0.5, 0.6) is 5.75 Å². The predicted molar refractivity (Wildman–Crippen MR) is 149 cm³/mol. The first-order valence-electron chi connectivity index (χ1n) is 11.4. The highest BCUT2D eigenvalue weighted by atomic mass is 79.9. The van der Waals surface area contributed by atoms with Crippen molar-refractivity contribution in [2.45, 2.75) is 31.3 Å². The highest BCUT2D eigenvalue weighted by molar-refractivity contribution is 9.10. The summed E-state index contributed by atoms with van der Waals surface area (Å²) in [5.74, 6) is -3.75. The Morgan fingerprint density at radius 1 is 1.08 bits per heavy atom. The van der Waals surface area contributed by atoms with E-state index < -0.39 is 48.3 Å². The van der Waals surface area contributed by atoms with Crippen LogP contribution in [0.1, 0.15) is 18.4 Å². The summed E-state index contributed by atoms with van der Waals surface area (Å²) in [7, 11) is 3.92. The Morgan fingerprint density at radius 2 is 1.79 bits per heavy atom. The van der Waals surface area contributed by atoms with Crippen molar-refractivity contribution in [3.8, 4) is 5.75 Å². The molecular weight excluding hydrogens is 622 g/mol. The van der Waals surface area contributed by atoms with E-state index >= 15 is 0 Å². The molecule has 2 unspecified atom stereocenters. The lowest BCUT2D eigenvalue weighted by Crippen LogP contribution is -2.49. The number of halogens is 1. The van der Waals surface area contributed by atoms with Crippen molar-refractivity contribution in [1.82, 2.24) is 21.3 Å². The van der Waals surface area contributed by atoms with Gasteiger partial charge in [-0.3, -0.25) is 24.0 Å². The zero-order valence-corrected chi connectivity index (χ0v) is 24.0. The van der Waals surface area contributed by atoms with Crippen molar-refractivity contribution in [3.63, 3.8) is 0 Å². The summed E-state index contributed by atoms with van der Waals surface area (Å²) in [6.45, 7) is -0.441. The molecule has 0 radical (unpaired) electrons. The average Bonchev–Trinajstić information content (AvgIpc) is 2.88. The Bertz CT molecular complexity index is 1060. The Balaban J connectivity index is 2.52. The fraction of sp³-hybridized carbons (Fsp3) is 0.455. The number of phenols is 1. The van der Waals surface area contributed by atoms with Gasteiger partial charge in [0.05, 0.1) is 4.47 Å². The Hall–Kier alpha value is -3.02. The van der Waals surface area contributed by atoms with Gasteiger partial charge in [-0.2, -0.15) is 0 Å². The van der Waals surface area contributed by atoms with Gasteiger partial charge in [0.15, 0.2) is 0 Å². The zero-order valence-electron chi connectivity index (χ0n) is 20.8. The van der Waals surface area contributed by atoms with E-state index in [0.717, 1.165) is 0 Å². The van der Waals surface area contributed by atoms with Gasteiger partial charge in [-0.15, -0.1) is 0 Å². The summed E-state index contributed by atoms with van der Waals surface area (Å²) in [5, 5.41) is 49.5. The number of rotatable bonds is 18. The molecule has 14 nitrogen and oxygen atoms in total. The quantitative estimate of drug-likeness (QED) is 0.0349. The first kappa shape index (κ1) is 34.0. The Morgan fingerprint density at radius 3 is 2.38 bits per heavy atom. The molecule has 1 aromatic rings. The van der Waals surface area contributed by atoms with E-state index in [0.29, 0.717) is 15.8 Å². The summed E-state index contributed by atoms with van der Waals surface area (Å²) < 4.78 is 0.430. The first-order chi connectivity index (χ1) is 18.5. The van der Waals surface area contributed by atoms with Crippen LogP contribution in [0.15, 0.2) is 27.8 Å². The third-order valence-corrected chi connectivity index (χ3v) is 7.98. The molecule has 0 bridgehead atoms. The van der Waals surface area contributed by atoms with Gasteiger partial charge in [0.25, 0.3) is 5.91 Å². The molecule has 0 saturated carbocycles. The molecule has 3 amide bonds. The molecule has 1 aromatic carbocycles. The van der Waals surface area contributed by atoms with Crippen LogP contribution in [0.3, 0.4) is 0 Å². The number of carbonyl (C=O) groups is 5. The third kappa shape index (κ3) is 13.6. The lowest BCUT2D eigenvalue weighted by atomic mass is 10.1. The number of benzene rings is 1. The number of nitrogens with one attached hydrogen (secondary N) is 4. The summed E-state index contributed by atoms with van der Waals surface area (Å²) in [6.07, 6.45) is -0.149. The summed E-state index contributed by atoms with van der Waals surface area (Å²) in [4.78, 5) is 58.8. The van der Waals surface area contributed by atoms with Crippen LogP contribution >= 0.6 is 37.5 Å². The standard InChI is InChI=1S/C22H30BrN5O9S2/c1-24-14(22(35)36)3-5-18(30)27-16(21(34)26-10-19(31)32)11-39-38-7-6-25-20(33)15(28-37)9-12-2-4-17(29)13(23)8-12/h2,4,8,14,16,24,29,37H,3,5-7,9-11H2,1H3,(H,25,33)(H,26,34)(H,27,30)(H,31,32)(H,35,36). The number of likely N-dealkylation sites (N-methyl/N-ethyl adjacent to an activating group) is 1. The van der Waals surface area contributed by atoms with Crippen LogP contribution in [0, 0.1) is 0 Å². The fourth-order valence-corrected chi connectivity index (χ4v) is 5.40. The molecule has 0 aliphatic carbocycles. The number of nitrogens with zero attached hydrogens (tertiary/aromatic N) is 1. The van der Waals surface area contributed by atoms with Crippen LogP contribution in [-0.2, 0) is 30.4 Å². The molecule has 0 aliphatic heterocycles. The van der Waals surface area contributed by atoms with E-state index in [1.807, 2.05) is 0 Å². The lowest BCUT2D eigenvalue weighted by Gasteiger charge is -2.18. The fourth-order valence-electron chi connectivity index (χ4n) is 2.90. The highest BCUT2D eigenvalue weighted by Gasteiger charge is 2.23. The molecule has 0 fully saturated rings. The normalized spacial score (nSPS) is 12.7. The minimum atomic E-state index is -1.26. The van der Waals surface area contributed by atoms with Crippen LogP contribution in [0.2, 0.25) is 0 Å². The summed E-state index contributed by atoms with van der Waals surface area (Å²) in [6, 6.07) is 2.60. The molecule has 0 saturated heterocycles. The van der Waals surface area contributed by atoms with Crippen molar-refractivity contribution in [2.24, 2.45) is 5.16 Å².